The van der Waals surface area contributed by atoms with Crippen LogP contribution in [-0.2, 0) is 4.79 Å². The molecule has 50 valence electrons. The SMILES string of the molecule is CC(=O)C(C)(C#N)CO. The van der Waals surface area contributed by atoms with Crippen LogP contribution in [0.2, 0.25) is 0 Å². The summed E-state index contributed by atoms with van der Waals surface area (Å²) >= 11 is 0. The van der Waals surface area contributed by atoms with Crippen molar-refractivity contribution in [3.05, 3.63) is 0 Å². The molecular weight excluding hydrogens is 118 g/mol. The normalized spacial score (nSPS) is 15.8. The lowest BCUT2D eigenvalue weighted by molar-refractivity contribution is -0.124. The van der Waals surface area contributed by atoms with E-state index in [2.05, 4.69) is 0 Å². The van der Waals surface area contributed by atoms with Crippen molar-refractivity contribution in [3.63, 3.8) is 0 Å². The van der Waals surface area contributed by atoms with Gasteiger partial charge in [0.2, 0.25) is 0 Å². The summed E-state index contributed by atoms with van der Waals surface area (Å²) in [7, 11) is 0. The molecule has 0 heterocycles. The van der Waals surface area contributed by atoms with E-state index in [9.17, 15) is 4.79 Å². The second kappa shape index (κ2) is 2.60. The number of ketones is 1. The Morgan fingerprint density at radius 3 is 2.33 bits per heavy atom. The molecule has 0 amide bonds. The zero-order chi connectivity index (χ0) is 7.49. The number of aliphatic hydroxyl groups excluding tert-OH is 1. The molecule has 0 rings (SSSR count). The zero-order valence-electron chi connectivity index (χ0n) is 5.51. The van der Waals surface area contributed by atoms with E-state index in [1.807, 2.05) is 0 Å². The van der Waals surface area contributed by atoms with E-state index in [0.29, 0.717) is 0 Å². The Kier molecular flexibility index (Phi) is 2.35. The van der Waals surface area contributed by atoms with Gasteiger partial charge in [-0.3, -0.25) is 4.79 Å². The Bertz CT molecular complexity index is 159. The Labute approximate surface area is 53.9 Å². The highest BCUT2D eigenvalue weighted by Crippen LogP contribution is 2.13. The predicted octanol–water partition coefficient (Wildman–Crippen LogP) is 0.0976. The van der Waals surface area contributed by atoms with E-state index >= 15 is 0 Å². The van der Waals surface area contributed by atoms with E-state index in [-0.39, 0.29) is 5.78 Å². The average molecular weight is 127 g/mol. The summed E-state index contributed by atoms with van der Waals surface area (Å²) < 4.78 is 0. The first kappa shape index (κ1) is 8.12. The standard InChI is InChI=1S/C6H9NO2/c1-5(9)6(2,3-7)4-8/h8H,4H2,1-2H3. The molecule has 0 spiro atoms. The predicted molar refractivity (Wildman–Crippen MR) is 31.5 cm³/mol. The van der Waals surface area contributed by atoms with Crippen LogP contribution in [0.15, 0.2) is 0 Å². The van der Waals surface area contributed by atoms with Gasteiger partial charge in [0.15, 0.2) is 5.78 Å². The van der Waals surface area contributed by atoms with Crippen molar-refractivity contribution >= 4 is 5.78 Å². The maximum atomic E-state index is 10.5. The van der Waals surface area contributed by atoms with Gasteiger partial charge in [-0.15, -0.1) is 0 Å². The van der Waals surface area contributed by atoms with Gasteiger partial charge >= 0.3 is 0 Å². The first-order valence-electron chi connectivity index (χ1n) is 2.60. The van der Waals surface area contributed by atoms with Crippen LogP contribution in [0.25, 0.3) is 0 Å². The third kappa shape index (κ3) is 1.51. The number of nitriles is 1. The Morgan fingerprint density at radius 1 is 1.89 bits per heavy atom. The highest BCUT2D eigenvalue weighted by atomic mass is 16.3. The van der Waals surface area contributed by atoms with Gasteiger partial charge in [-0.2, -0.15) is 5.26 Å². The molecule has 0 aromatic rings. The van der Waals surface area contributed by atoms with Crippen LogP contribution < -0.4 is 0 Å². The fraction of sp³-hybridized carbons (Fsp3) is 0.667. The molecule has 0 radical (unpaired) electrons. The monoisotopic (exact) mass is 127 g/mol. The molecule has 3 heteroatoms. The minimum Gasteiger partial charge on any atom is -0.394 e. The Hall–Kier alpha value is -0.880. The second-order valence-corrected chi connectivity index (χ2v) is 2.16. The molecule has 0 aliphatic carbocycles. The maximum Gasteiger partial charge on any atom is 0.152 e. The molecule has 0 bridgehead atoms. The highest BCUT2D eigenvalue weighted by molar-refractivity contribution is 5.84. The van der Waals surface area contributed by atoms with Crippen molar-refractivity contribution in [1.82, 2.24) is 0 Å². The lowest BCUT2D eigenvalue weighted by Crippen LogP contribution is -2.27. The lowest BCUT2D eigenvalue weighted by Gasteiger charge is -2.12. The molecule has 0 saturated carbocycles. The van der Waals surface area contributed by atoms with Crippen LogP contribution in [0, 0.1) is 16.7 Å². The van der Waals surface area contributed by atoms with Crippen LogP contribution in [0.5, 0.6) is 0 Å². The van der Waals surface area contributed by atoms with Gasteiger partial charge in [-0.05, 0) is 13.8 Å². The number of hydrogen-bond donors (Lipinski definition) is 1. The number of carbonyl (C=O) groups is 1. The molecule has 1 N–H and O–H groups in total. The van der Waals surface area contributed by atoms with Crippen molar-refractivity contribution in [3.8, 4) is 6.07 Å². The topological polar surface area (TPSA) is 61.1 Å². The molecule has 3 nitrogen and oxygen atoms in total. The fourth-order valence-electron chi connectivity index (χ4n) is 0.225. The van der Waals surface area contributed by atoms with Crippen molar-refractivity contribution in [2.75, 3.05) is 6.61 Å². The summed E-state index contributed by atoms with van der Waals surface area (Å²) in [5, 5.41) is 16.8. The van der Waals surface area contributed by atoms with E-state index < -0.39 is 12.0 Å². The molecule has 1 atom stereocenters. The van der Waals surface area contributed by atoms with Crippen LogP contribution in [0.3, 0.4) is 0 Å². The first-order valence-corrected chi connectivity index (χ1v) is 2.60. The Morgan fingerprint density at radius 2 is 2.33 bits per heavy atom. The van der Waals surface area contributed by atoms with Gasteiger partial charge in [0.05, 0.1) is 12.7 Å². The molecule has 9 heavy (non-hydrogen) atoms. The summed E-state index contributed by atoms with van der Waals surface area (Å²) in [5.41, 5.74) is -1.19. The number of rotatable bonds is 2. The molecule has 0 aromatic heterocycles. The molecular formula is C6H9NO2. The number of nitrogens with zero attached hydrogens (tertiary/aromatic N) is 1. The molecule has 0 fully saturated rings. The zero-order valence-corrected chi connectivity index (χ0v) is 5.51. The van der Waals surface area contributed by atoms with Crippen LogP contribution in [-0.4, -0.2) is 17.5 Å². The maximum absolute atomic E-state index is 10.5. The van der Waals surface area contributed by atoms with Gasteiger partial charge in [0, 0.05) is 0 Å². The summed E-state index contributed by atoms with van der Waals surface area (Å²) in [4.78, 5) is 10.5. The van der Waals surface area contributed by atoms with Crippen molar-refractivity contribution in [1.29, 1.82) is 5.26 Å². The van der Waals surface area contributed by atoms with Crippen LogP contribution in [0.4, 0.5) is 0 Å². The smallest absolute Gasteiger partial charge is 0.152 e. The number of aliphatic hydroxyl groups is 1. The quantitative estimate of drug-likeness (QED) is 0.572. The molecule has 0 aromatic carbocycles. The fourth-order valence-corrected chi connectivity index (χ4v) is 0.225. The summed E-state index contributed by atoms with van der Waals surface area (Å²) in [5.74, 6) is -0.299. The first-order chi connectivity index (χ1) is 4.06. The molecule has 0 aliphatic heterocycles. The van der Waals surface area contributed by atoms with Gasteiger partial charge in [-0.25, -0.2) is 0 Å². The number of carbonyl (C=O) groups excluding carboxylic acids is 1. The van der Waals surface area contributed by atoms with E-state index in [1.54, 1.807) is 6.07 Å². The van der Waals surface area contributed by atoms with Gasteiger partial charge < -0.3 is 5.11 Å². The summed E-state index contributed by atoms with van der Waals surface area (Å²) in [6, 6.07) is 1.73. The minimum absolute atomic E-state index is 0.299. The van der Waals surface area contributed by atoms with Crippen LogP contribution >= 0.6 is 0 Å². The van der Waals surface area contributed by atoms with Gasteiger partial charge in [0.25, 0.3) is 0 Å². The van der Waals surface area contributed by atoms with Crippen LogP contribution in [0.1, 0.15) is 13.8 Å². The largest absolute Gasteiger partial charge is 0.394 e. The summed E-state index contributed by atoms with van der Waals surface area (Å²) in [6.45, 7) is 2.30. The lowest BCUT2D eigenvalue weighted by atomic mass is 9.90. The molecule has 0 saturated heterocycles. The highest BCUT2D eigenvalue weighted by Gasteiger charge is 2.28. The molecule has 0 aliphatic rings. The van der Waals surface area contributed by atoms with Crippen molar-refractivity contribution in [2.24, 2.45) is 5.41 Å². The third-order valence-corrected chi connectivity index (χ3v) is 1.34. The number of Topliss-reactive ketones (excluding diaryl/α,β-unsaturated/α-hetero) is 1. The molecule has 1 unspecified atom stereocenters. The van der Waals surface area contributed by atoms with Crippen molar-refractivity contribution < 1.29 is 9.90 Å². The number of hydrogen-bond acceptors (Lipinski definition) is 3. The van der Waals surface area contributed by atoms with Gasteiger partial charge in [-0.1, -0.05) is 0 Å². The van der Waals surface area contributed by atoms with Gasteiger partial charge in [0.1, 0.15) is 5.41 Å². The van der Waals surface area contributed by atoms with E-state index in [1.165, 1.54) is 13.8 Å². The second-order valence-electron chi connectivity index (χ2n) is 2.16. The average Bonchev–Trinajstić information content (AvgIpc) is 1.86. The van der Waals surface area contributed by atoms with E-state index in [0.717, 1.165) is 0 Å². The van der Waals surface area contributed by atoms with E-state index in [4.69, 9.17) is 10.4 Å². The summed E-state index contributed by atoms with van der Waals surface area (Å²) in [6.07, 6.45) is 0. The third-order valence-electron chi connectivity index (χ3n) is 1.34. The Balaban J connectivity index is 4.33. The van der Waals surface area contributed by atoms with Crippen molar-refractivity contribution in [2.45, 2.75) is 13.8 Å². The minimum atomic E-state index is -1.19.